The first kappa shape index (κ1) is 20.2. The van der Waals surface area contributed by atoms with E-state index in [0.717, 1.165) is 21.3 Å². The molecule has 0 radical (unpaired) electrons. The number of amides is 1. The van der Waals surface area contributed by atoms with Crippen LogP contribution in [0.1, 0.15) is 27.3 Å². The lowest BCUT2D eigenvalue weighted by atomic mass is 10.1. The molecule has 0 aliphatic rings. The summed E-state index contributed by atoms with van der Waals surface area (Å²) in [6.07, 6.45) is 1.79. The van der Waals surface area contributed by atoms with Gasteiger partial charge in [0, 0.05) is 22.9 Å². The standard InChI is InChI=1S/C21H21ClN4OS/c1-3-11-26-19(13-23-20(27)16-9-6-7-15(2)12-16)24-25-21(26)28-14-17-8-4-5-10-18(17)22/h3-10,12H,1,11,13-14H2,2H3,(H,23,27). The fraction of sp³-hybridized carbons (Fsp3) is 0.190. The summed E-state index contributed by atoms with van der Waals surface area (Å²) >= 11 is 7.78. The van der Waals surface area contributed by atoms with E-state index >= 15 is 0 Å². The van der Waals surface area contributed by atoms with Gasteiger partial charge >= 0.3 is 0 Å². The Morgan fingerprint density at radius 3 is 2.82 bits per heavy atom. The molecular weight excluding hydrogens is 392 g/mol. The van der Waals surface area contributed by atoms with E-state index in [0.29, 0.717) is 30.2 Å². The second kappa shape index (κ2) is 9.57. The molecule has 144 valence electrons. The Balaban J connectivity index is 1.69. The predicted octanol–water partition coefficient (Wildman–Crippen LogP) is 4.65. The Hall–Kier alpha value is -2.57. The quantitative estimate of drug-likeness (QED) is 0.432. The van der Waals surface area contributed by atoms with Crippen molar-refractivity contribution in [2.75, 3.05) is 0 Å². The molecule has 0 aliphatic carbocycles. The third-order valence-corrected chi connectivity index (χ3v) is 5.49. The maximum atomic E-state index is 12.4. The first-order valence-corrected chi connectivity index (χ1v) is 10.2. The van der Waals surface area contributed by atoms with E-state index in [1.54, 1.807) is 23.9 Å². The first-order chi connectivity index (χ1) is 13.6. The fourth-order valence-electron chi connectivity index (χ4n) is 2.67. The van der Waals surface area contributed by atoms with Gasteiger partial charge in [-0.2, -0.15) is 0 Å². The number of carbonyl (C=O) groups is 1. The monoisotopic (exact) mass is 412 g/mol. The number of benzene rings is 2. The molecule has 5 nitrogen and oxygen atoms in total. The first-order valence-electron chi connectivity index (χ1n) is 8.82. The van der Waals surface area contributed by atoms with Crippen molar-refractivity contribution in [1.82, 2.24) is 20.1 Å². The second-order valence-electron chi connectivity index (χ2n) is 6.23. The lowest BCUT2D eigenvalue weighted by Gasteiger charge is -2.09. The van der Waals surface area contributed by atoms with Crippen LogP contribution >= 0.6 is 23.4 Å². The topological polar surface area (TPSA) is 59.8 Å². The summed E-state index contributed by atoms with van der Waals surface area (Å²) in [4.78, 5) is 12.4. The molecule has 0 spiro atoms. The van der Waals surface area contributed by atoms with Crippen molar-refractivity contribution in [3.63, 3.8) is 0 Å². The van der Waals surface area contributed by atoms with Crippen molar-refractivity contribution < 1.29 is 4.79 Å². The Bertz CT molecular complexity index is 986. The molecule has 1 N–H and O–H groups in total. The van der Waals surface area contributed by atoms with Gasteiger partial charge in [-0.05, 0) is 30.7 Å². The molecule has 0 bridgehead atoms. The number of nitrogens with one attached hydrogen (secondary N) is 1. The number of nitrogens with zero attached hydrogens (tertiary/aromatic N) is 3. The van der Waals surface area contributed by atoms with Crippen molar-refractivity contribution in [3.05, 3.63) is 88.7 Å². The molecule has 0 aliphatic heterocycles. The predicted molar refractivity (Wildman–Crippen MR) is 114 cm³/mol. The third-order valence-electron chi connectivity index (χ3n) is 4.11. The zero-order chi connectivity index (χ0) is 19.9. The van der Waals surface area contributed by atoms with Gasteiger partial charge in [-0.25, -0.2) is 0 Å². The van der Waals surface area contributed by atoms with Crippen LogP contribution < -0.4 is 5.32 Å². The third kappa shape index (κ3) is 5.03. The fourth-order valence-corrected chi connectivity index (χ4v) is 3.93. The molecule has 0 fully saturated rings. The van der Waals surface area contributed by atoms with Crippen molar-refractivity contribution in [1.29, 1.82) is 0 Å². The minimum atomic E-state index is -0.137. The van der Waals surface area contributed by atoms with Gasteiger partial charge in [-0.3, -0.25) is 4.79 Å². The number of aromatic nitrogens is 3. The Kier molecular flexibility index (Phi) is 6.90. The largest absolute Gasteiger partial charge is 0.345 e. The highest BCUT2D eigenvalue weighted by atomic mass is 35.5. The molecule has 3 aromatic rings. The van der Waals surface area contributed by atoms with Crippen LogP contribution in [0.4, 0.5) is 0 Å². The average Bonchev–Trinajstić information content (AvgIpc) is 3.07. The Morgan fingerprint density at radius 1 is 1.25 bits per heavy atom. The maximum Gasteiger partial charge on any atom is 0.251 e. The number of hydrogen-bond donors (Lipinski definition) is 1. The van der Waals surface area contributed by atoms with Crippen molar-refractivity contribution in [2.45, 2.75) is 30.9 Å². The van der Waals surface area contributed by atoms with Crippen LogP contribution in [0.2, 0.25) is 5.02 Å². The van der Waals surface area contributed by atoms with Crippen molar-refractivity contribution >= 4 is 29.3 Å². The van der Waals surface area contributed by atoms with Gasteiger partial charge in [0.25, 0.3) is 5.91 Å². The molecule has 3 rings (SSSR count). The summed E-state index contributed by atoms with van der Waals surface area (Å²) in [5.74, 6) is 1.23. The van der Waals surface area contributed by atoms with Gasteiger partial charge in [0.1, 0.15) is 0 Å². The van der Waals surface area contributed by atoms with Gasteiger partial charge in [0.2, 0.25) is 0 Å². The van der Waals surface area contributed by atoms with Crippen LogP contribution in [0.3, 0.4) is 0 Å². The lowest BCUT2D eigenvalue weighted by Crippen LogP contribution is -2.24. The van der Waals surface area contributed by atoms with E-state index in [1.165, 1.54) is 0 Å². The minimum Gasteiger partial charge on any atom is -0.345 e. The van der Waals surface area contributed by atoms with E-state index in [2.05, 4.69) is 22.1 Å². The summed E-state index contributed by atoms with van der Waals surface area (Å²) in [6.45, 7) is 6.62. The molecule has 1 heterocycles. The van der Waals surface area contributed by atoms with Crippen LogP contribution in [0.15, 0.2) is 66.3 Å². The molecular formula is C21H21ClN4OS. The number of carbonyl (C=O) groups excluding carboxylic acids is 1. The van der Waals surface area contributed by atoms with E-state index in [4.69, 9.17) is 11.6 Å². The molecule has 1 amide bonds. The zero-order valence-corrected chi connectivity index (χ0v) is 17.1. The molecule has 1 aromatic heterocycles. The van der Waals surface area contributed by atoms with Gasteiger partial charge in [0.05, 0.1) is 6.54 Å². The smallest absolute Gasteiger partial charge is 0.251 e. The number of halogens is 1. The van der Waals surface area contributed by atoms with Crippen LogP contribution in [0.25, 0.3) is 0 Å². The highest BCUT2D eigenvalue weighted by Crippen LogP contribution is 2.26. The lowest BCUT2D eigenvalue weighted by molar-refractivity contribution is 0.0949. The highest BCUT2D eigenvalue weighted by molar-refractivity contribution is 7.98. The maximum absolute atomic E-state index is 12.4. The molecule has 0 atom stereocenters. The molecule has 2 aromatic carbocycles. The summed E-state index contributed by atoms with van der Waals surface area (Å²) in [7, 11) is 0. The van der Waals surface area contributed by atoms with Gasteiger partial charge in [0.15, 0.2) is 11.0 Å². The number of aryl methyl sites for hydroxylation is 1. The number of thioether (sulfide) groups is 1. The molecule has 0 saturated carbocycles. The SMILES string of the molecule is C=CCn1c(CNC(=O)c2cccc(C)c2)nnc1SCc1ccccc1Cl. The number of allylic oxidation sites excluding steroid dienone is 1. The summed E-state index contributed by atoms with van der Waals surface area (Å²) < 4.78 is 1.95. The van der Waals surface area contributed by atoms with Gasteiger partial charge in [-0.15, -0.1) is 16.8 Å². The highest BCUT2D eigenvalue weighted by Gasteiger charge is 2.14. The van der Waals surface area contributed by atoms with Gasteiger partial charge < -0.3 is 9.88 Å². The van der Waals surface area contributed by atoms with E-state index in [-0.39, 0.29) is 5.91 Å². The zero-order valence-electron chi connectivity index (χ0n) is 15.6. The second-order valence-corrected chi connectivity index (χ2v) is 7.58. The molecule has 7 heteroatoms. The summed E-state index contributed by atoms with van der Waals surface area (Å²) in [5.41, 5.74) is 2.71. The Morgan fingerprint density at radius 2 is 2.07 bits per heavy atom. The molecule has 28 heavy (non-hydrogen) atoms. The van der Waals surface area contributed by atoms with Crippen LogP contribution in [-0.2, 0) is 18.8 Å². The van der Waals surface area contributed by atoms with Crippen LogP contribution in [-0.4, -0.2) is 20.7 Å². The molecule has 0 unspecified atom stereocenters. The average molecular weight is 413 g/mol. The Labute approximate surface area is 173 Å². The van der Waals surface area contributed by atoms with E-state index in [9.17, 15) is 4.79 Å². The van der Waals surface area contributed by atoms with Crippen LogP contribution in [0.5, 0.6) is 0 Å². The number of hydrogen-bond acceptors (Lipinski definition) is 4. The van der Waals surface area contributed by atoms with E-state index < -0.39 is 0 Å². The normalized spacial score (nSPS) is 10.6. The van der Waals surface area contributed by atoms with Gasteiger partial charge in [-0.1, -0.05) is 65.3 Å². The van der Waals surface area contributed by atoms with Crippen molar-refractivity contribution in [2.24, 2.45) is 0 Å². The van der Waals surface area contributed by atoms with Crippen LogP contribution in [0, 0.1) is 6.92 Å². The minimum absolute atomic E-state index is 0.137. The summed E-state index contributed by atoms with van der Waals surface area (Å²) in [5, 5.41) is 12.9. The van der Waals surface area contributed by atoms with E-state index in [1.807, 2.05) is 54.0 Å². The molecule has 0 saturated heterocycles. The summed E-state index contributed by atoms with van der Waals surface area (Å²) in [6, 6.07) is 15.2. The number of rotatable bonds is 8. The van der Waals surface area contributed by atoms with Crippen molar-refractivity contribution in [3.8, 4) is 0 Å².